The van der Waals surface area contributed by atoms with Gasteiger partial charge in [0.25, 0.3) is 0 Å². The number of nitrogens with two attached hydrogens (primary N) is 1. The van der Waals surface area contributed by atoms with Crippen molar-refractivity contribution in [1.82, 2.24) is 19.6 Å². The van der Waals surface area contributed by atoms with Crippen molar-refractivity contribution in [3.8, 4) is 0 Å². The van der Waals surface area contributed by atoms with E-state index in [1.807, 2.05) is 0 Å². The zero-order chi connectivity index (χ0) is 15.5. The average Bonchev–Trinajstić information content (AvgIpc) is 2.75. The van der Waals surface area contributed by atoms with Gasteiger partial charge < -0.3 is 9.80 Å². The molecule has 1 fully saturated rings. The molecule has 0 spiro atoms. The first-order valence-electron chi connectivity index (χ1n) is 6.95. The first-order valence-corrected chi connectivity index (χ1v) is 8.50. The zero-order valence-corrected chi connectivity index (χ0v) is 12.9. The summed E-state index contributed by atoms with van der Waals surface area (Å²) < 4.78 is 23.7. The molecule has 0 aliphatic carbocycles. The summed E-state index contributed by atoms with van der Waals surface area (Å²) in [6.45, 7) is 6.40. The number of primary sulfonamides is 1. The summed E-state index contributed by atoms with van der Waals surface area (Å²) in [6, 6.07) is 0. The Bertz CT molecular complexity index is 598. The summed E-state index contributed by atoms with van der Waals surface area (Å²) in [6.07, 6.45) is 3.38. The van der Waals surface area contributed by atoms with Crippen LogP contribution in [0.25, 0.3) is 0 Å². The van der Waals surface area contributed by atoms with Crippen LogP contribution in [0.15, 0.2) is 17.3 Å². The van der Waals surface area contributed by atoms with Crippen molar-refractivity contribution < 1.29 is 13.2 Å². The van der Waals surface area contributed by atoms with Crippen LogP contribution in [0, 0.1) is 0 Å². The Morgan fingerprint density at radius 1 is 1.33 bits per heavy atom. The summed E-state index contributed by atoms with van der Waals surface area (Å²) in [7, 11) is -3.77. The highest BCUT2D eigenvalue weighted by molar-refractivity contribution is 7.89. The van der Waals surface area contributed by atoms with Crippen LogP contribution in [0.4, 0.5) is 0 Å². The quantitative estimate of drug-likeness (QED) is 0.774. The third kappa shape index (κ3) is 4.26. The van der Waals surface area contributed by atoms with Gasteiger partial charge in [-0.25, -0.2) is 13.6 Å². The maximum atomic E-state index is 12.2. The number of rotatable bonds is 4. The van der Waals surface area contributed by atoms with Gasteiger partial charge in [0.1, 0.15) is 11.4 Å². The molecule has 0 unspecified atom stereocenters. The smallest absolute Gasteiger partial charge is 0.244 e. The van der Waals surface area contributed by atoms with Crippen molar-refractivity contribution in [1.29, 1.82) is 0 Å². The highest BCUT2D eigenvalue weighted by Crippen LogP contribution is 2.07. The topological polar surface area (TPSA) is 102 Å². The van der Waals surface area contributed by atoms with Gasteiger partial charge in [0, 0.05) is 25.8 Å². The molecule has 0 bridgehead atoms. The minimum Gasteiger partial charge on any atom is -0.340 e. The lowest BCUT2D eigenvalue weighted by Crippen LogP contribution is -2.37. The lowest BCUT2D eigenvalue weighted by molar-refractivity contribution is -0.131. The highest BCUT2D eigenvalue weighted by Gasteiger charge is 2.19. The summed E-state index contributed by atoms with van der Waals surface area (Å²) in [5.41, 5.74) is 0. The van der Waals surface area contributed by atoms with Gasteiger partial charge >= 0.3 is 0 Å². The maximum Gasteiger partial charge on any atom is 0.244 e. The van der Waals surface area contributed by atoms with Gasteiger partial charge in [-0.2, -0.15) is 5.10 Å². The molecule has 8 nitrogen and oxygen atoms in total. The lowest BCUT2D eigenvalue weighted by atomic mass is 10.3. The summed E-state index contributed by atoms with van der Waals surface area (Å²) in [5, 5.41) is 8.88. The first kappa shape index (κ1) is 15.9. The van der Waals surface area contributed by atoms with E-state index in [0.29, 0.717) is 6.54 Å². The van der Waals surface area contributed by atoms with Crippen molar-refractivity contribution >= 4 is 15.9 Å². The van der Waals surface area contributed by atoms with Crippen LogP contribution in [-0.2, 0) is 21.4 Å². The second kappa shape index (κ2) is 6.54. The third-order valence-corrected chi connectivity index (χ3v) is 4.49. The largest absolute Gasteiger partial charge is 0.340 e. The minimum absolute atomic E-state index is 0.0294. The molecule has 1 saturated heterocycles. The predicted octanol–water partition coefficient (Wildman–Crippen LogP) is -0.915. The number of carbonyl (C=O) groups is 1. The van der Waals surface area contributed by atoms with Crippen LogP contribution in [0.5, 0.6) is 0 Å². The summed E-state index contributed by atoms with van der Waals surface area (Å²) >= 11 is 0. The normalized spacial score (nSPS) is 17.7. The number of hydrogen-bond acceptors (Lipinski definition) is 5. The van der Waals surface area contributed by atoms with Crippen LogP contribution in [0.2, 0.25) is 0 Å². The monoisotopic (exact) mass is 315 g/mol. The Hall–Kier alpha value is -1.45. The van der Waals surface area contributed by atoms with E-state index in [2.05, 4.69) is 16.9 Å². The molecule has 0 aromatic carbocycles. The van der Waals surface area contributed by atoms with Crippen molar-refractivity contribution in [2.24, 2.45) is 5.14 Å². The fourth-order valence-electron chi connectivity index (χ4n) is 2.35. The van der Waals surface area contributed by atoms with E-state index >= 15 is 0 Å². The number of aromatic nitrogens is 2. The molecule has 21 heavy (non-hydrogen) atoms. The molecule has 1 aromatic rings. The lowest BCUT2D eigenvalue weighted by Gasteiger charge is -2.21. The van der Waals surface area contributed by atoms with E-state index < -0.39 is 10.0 Å². The Balaban J connectivity index is 1.96. The molecular weight excluding hydrogens is 294 g/mol. The molecule has 9 heteroatoms. The van der Waals surface area contributed by atoms with Gasteiger partial charge in [-0.05, 0) is 19.5 Å². The Morgan fingerprint density at radius 3 is 2.71 bits per heavy atom. The van der Waals surface area contributed by atoms with E-state index in [0.717, 1.165) is 38.8 Å². The van der Waals surface area contributed by atoms with Gasteiger partial charge in [-0.15, -0.1) is 0 Å². The fourth-order valence-corrected chi connectivity index (χ4v) is 2.82. The molecule has 1 aliphatic rings. The van der Waals surface area contributed by atoms with Gasteiger partial charge in [0.15, 0.2) is 0 Å². The molecular formula is C12H21N5O3S. The molecule has 118 valence electrons. The number of carbonyl (C=O) groups excluding carboxylic acids is 1. The second-order valence-electron chi connectivity index (χ2n) is 5.09. The van der Waals surface area contributed by atoms with Gasteiger partial charge in [-0.3, -0.25) is 9.48 Å². The molecule has 0 saturated carbocycles. The van der Waals surface area contributed by atoms with E-state index in [-0.39, 0.29) is 17.3 Å². The molecule has 2 heterocycles. The molecule has 1 aromatic heterocycles. The van der Waals surface area contributed by atoms with E-state index in [1.165, 1.54) is 10.9 Å². The van der Waals surface area contributed by atoms with Gasteiger partial charge in [0.05, 0.1) is 6.20 Å². The van der Waals surface area contributed by atoms with Crippen molar-refractivity contribution in [2.75, 3.05) is 32.7 Å². The van der Waals surface area contributed by atoms with Crippen molar-refractivity contribution in [3.05, 3.63) is 12.4 Å². The predicted molar refractivity (Wildman–Crippen MR) is 76.9 cm³/mol. The highest BCUT2D eigenvalue weighted by atomic mass is 32.2. The summed E-state index contributed by atoms with van der Waals surface area (Å²) in [4.78, 5) is 16.3. The number of nitrogens with zero attached hydrogens (tertiary/aromatic N) is 4. The van der Waals surface area contributed by atoms with Crippen LogP contribution >= 0.6 is 0 Å². The van der Waals surface area contributed by atoms with Crippen molar-refractivity contribution in [2.45, 2.75) is 24.8 Å². The maximum absolute atomic E-state index is 12.2. The van der Waals surface area contributed by atoms with E-state index in [1.54, 1.807) is 4.90 Å². The van der Waals surface area contributed by atoms with E-state index in [4.69, 9.17) is 5.14 Å². The molecule has 0 radical (unpaired) electrons. The van der Waals surface area contributed by atoms with Gasteiger partial charge in [-0.1, -0.05) is 6.92 Å². The van der Waals surface area contributed by atoms with Crippen LogP contribution in [-0.4, -0.2) is 66.6 Å². The minimum atomic E-state index is -3.77. The van der Waals surface area contributed by atoms with Gasteiger partial charge in [0.2, 0.25) is 15.9 Å². The molecule has 2 N–H and O–H groups in total. The average molecular weight is 315 g/mol. The van der Waals surface area contributed by atoms with E-state index in [9.17, 15) is 13.2 Å². The number of hydrogen-bond donors (Lipinski definition) is 1. The number of amides is 1. The van der Waals surface area contributed by atoms with Crippen molar-refractivity contribution in [3.63, 3.8) is 0 Å². The van der Waals surface area contributed by atoms with Crippen LogP contribution < -0.4 is 5.14 Å². The molecule has 2 rings (SSSR count). The van der Waals surface area contributed by atoms with Crippen LogP contribution in [0.1, 0.15) is 13.3 Å². The standard InChI is InChI=1S/C12H21N5O3S/c1-2-15-4-3-5-16(7-6-15)12(18)10-17-9-11(8-14-17)21(13,19)20/h8-9H,2-7,10H2,1H3,(H2,13,19,20). The SMILES string of the molecule is CCN1CCCN(C(=O)Cn2cc(S(N)(=O)=O)cn2)CC1. The first-order chi connectivity index (χ1) is 9.90. The summed E-state index contributed by atoms with van der Waals surface area (Å²) in [5.74, 6) is -0.0583. The molecule has 1 aliphatic heterocycles. The zero-order valence-electron chi connectivity index (χ0n) is 12.1. The Morgan fingerprint density at radius 2 is 2.10 bits per heavy atom. The van der Waals surface area contributed by atoms with Crippen LogP contribution in [0.3, 0.4) is 0 Å². The molecule has 1 amide bonds. The third-order valence-electron chi connectivity index (χ3n) is 3.62. The fraction of sp³-hybridized carbons (Fsp3) is 0.667. The number of likely N-dealkylation sites (N-methyl/N-ethyl adjacent to an activating group) is 1. The Labute approximate surface area is 124 Å². The Kier molecular flexibility index (Phi) is 4.96. The molecule has 0 atom stereocenters. The second-order valence-corrected chi connectivity index (χ2v) is 6.65. The number of sulfonamides is 1.